The molecule has 1 saturated heterocycles. The molecule has 0 aliphatic carbocycles. The summed E-state index contributed by atoms with van der Waals surface area (Å²) in [6.45, 7) is 16.4. The predicted octanol–water partition coefficient (Wildman–Crippen LogP) is 4.04. The quantitative estimate of drug-likeness (QED) is 0.725. The summed E-state index contributed by atoms with van der Waals surface area (Å²) < 4.78 is 0. The van der Waals surface area contributed by atoms with E-state index in [9.17, 15) is 0 Å². The highest BCUT2D eigenvalue weighted by Crippen LogP contribution is 2.30. The van der Waals surface area contributed by atoms with Crippen LogP contribution >= 0.6 is 0 Å². The smallest absolute Gasteiger partial charge is 0.270 e. The fourth-order valence-corrected chi connectivity index (χ4v) is 2.76. The van der Waals surface area contributed by atoms with Gasteiger partial charge in [-0.1, -0.05) is 45.0 Å². The molecule has 0 bridgehead atoms. The standard InChI is InChI=1S/C17H24N2/c1-17(2,3)16-7-5-14(6-8-16)15-9-11-19(12-10-15)13-18-4/h5-8,15H,9-13H2,1-3H3. The average molecular weight is 256 g/mol. The molecule has 0 spiro atoms. The van der Waals surface area contributed by atoms with Gasteiger partial charge in [0.05, 0.1) is 0 Å². The van der Waals surface area contributed by atoms with Gasteiger partial charge < -0.3 is 0 Å². The first-order valence-corrected chi connectivity index (χ1v) is 7.17. The highest BCUT2D eigenvalue weighted by Gasteiger charge is 2.22. The zero-order valence-electron chi connectivity index (χ0n) is 12.3. The Bertz CT molecular complexity index is 440. The number of likely N-dealkylation sites (tertiary alicyclic amines) is 1. The third kappa shape index (κ3) is 3.58. The molecule has 2 heteroatoms. The molecule has 0 aromatic heterocycles. The van der Waals surface area contributed by atoms with E-state index in [0.29, 0.717) is 12.6 Å². The Morgan fingerprint density at radius 1 is 1.16 bits per heavy atom. The Balaban J connectivity index is 1.99. The molecule has 0 atom stereocenters. The van der Waals surface area contributed by atoms with Crippen molar-refractivity contribution in [2.45, 2.75) is 44.9 Å². The molecule has 1 aromatic rings. The lowest BCUT2D eigenvalue weighted by atomic mass is 9.84. The van der Waals surface area contributed by atoms with E-state index in [1.54, 1.807) is 0 Å². The Labute approximate surface area is 117 Å². The maximum Gasteiger partial charge on any atom is 0.270 e. The summed E-state index contributed by atoms with van der Waals surface area (Å²) in [5.74, 6) is 0.677. The molecule has 1 heterocycles. The molecule has 1 aliphatic heterocycles. The van der Waals surface area contributed by atoms with E-state index in [1.807, 2.05) is 0 Å². The van der Waals surface area contributed by atoms with Gasteiger partial charge in [-0.25, -0.2) is 11.5 Å². The van der Waals surface area contributed by atoms with Crippen LogP contribution < -0.4 is 0 Å². The monoisotopic (exact) mass is 256 g/mol. The number of hydrogen-bond acceptors (Lipinski definition) is 1. The molecule has 19 heavy (non-hydrogen) atoms. The maximum absolute atomic E-state index is 6.92. The van der Waals surface area contributed by atoms with Gasteiger partial charge in [0.1, 0.15) is 0 Å². The highest BCUT2D eigenvalue weighted by molar-refractivity contribution is 5.29. The molecule has 0 amide bonds. The highest BCUT2D eigenvalue weighted by atomic mass is 15.2. The summed E-state index contributed by atoms with van der Waals surface area (Å²) >= 11 is 0. The van der Waals surface area contributed by atoms with Crippen molar-refractivity contribution < 1.29 is 0 Å². The maximum atomic E-state index is 6.92. The molecule has 1 fully saturated rings. The number of rotatable bonds is 2. The second-order valence-electron chi connectivity index (χ2n) is 6.56. The Kier molecular flexibility index (Phi) is 4.27. The third-order valence-electron chi connectivity index (χ3n) is 4.11. The van der Waals surface area contributed by atoms with Crippen LogP contribution in [-0.2, 0) is 5.41 Å². The van der Waals surface area contributed by atoms with Crippen LogP contribution in [0.1, 0.15) is 50.7 Å². The summed E-state index contributed by atoms with van der Waals surface area (Å²) in [5, 5.41) is 0. The first kappa shape index (κ1) is 14.1. The number of nitrogens with zero attached hydrogens (tertiary/aromatic N) is 2. The lowest BCUT2D eigenvalue weighted by Crippen LogP contribution is -2.32. The topological polar surface area (TPSA) is 7.60 Å². The first-order valence-electron chi connectivity index (χ1n) is 7.17. The van der Waals surface area contributed by atoms with E-state index in [4.69, 9.17) is 6.57 Å². The van der Waals surface area contributed by atoms with Crippen molar-refractivity contribution in [3.05, 3.63) is 46.8 Å². The summed E-state index contributed by atoms with van der Waals surface area (Å²) in [6.07, 6.45) is 2.37. The minimum atomic E-state index is 0.234. The zero-order chi connectivity index (χ0) is 13.9. The lowest BCUT2D eigenvalue weighted by Gasteiger charge is -2.29. The van der Waals surface area contributed by atoms with Crippen molar-refractivity contribution >= 4 is 0 Å². The van der Waals surface area contributed by atoms with Gasteiger partial charge in [0.25, 0.3) is 6.67 Å². The third-order valence-corrected chi connectivity index (χ3v) is 4.11. The second-order valence-corrected chi connectivity index (χ2v) is 6.56. The largest absolute Gasteiger partial charge is 0.299 e. The van der Waals surface area contributed by atoms with E-state index in [2.05, 4.69) is 54.8 Å². The normalized spacial score (nSPS) is 18.2. The number of hydrogen-bond donors (Lipinski definition) is 0. The second kappa shape index (κ2) is 5.75. The Morgan fingerprint density at radius 3 is 2.21 bits per heavy atom. The van der Waals surface area contributed by atoms with Gasteiger partial charge in [-0.05, 0) is 35.3 Å². The van der Waals surface area contributed by atoms with Crippen LogP contribution in [0.5, 0.6) is 0 Å². The summed E-state index contributed by atoms with van der Waals surface area (Å²) in [6, 6.07) is 9.16. The van der Waals surface area contributed by atoms with Crippen LogP contribution in [0.2, 0.25) is 0 Å². The van der Waals surface area contributed by atoms with E-state index in [0.717, 1.165) is 13.1 Å². The van der Waals surface area contributed by atoms with Gasteiger partial charge in [-0.15, -0.1) is 0 Å². The van der Waals surface area contributed by atoms with Gasteiger partial charge >= 0.3 is 0 Å². The van der Waals surface area contributed by atoms with Crippen LogP contribution in [0, 0.1) is 6.57 Å². The fraction of sp³-hybridized carbons (Fsp3) is 0.588. The molecule has 1 aromatic carbocycles. The molecule has 1 aliphatic rings. The van der Waals surface area contributed by atoms with E-state index >= 15 is 0 Å². The summed E-state index contributed by atoms with van der Waals surface area (Å²) in [4.78, 5) is 5.73. The van der Waals surface area contributed by atoms with Crippen LogP contribution in [0.15, 0.2) is 24.3 Å². The van der Waals surface area contributed by atoms with Crippen molar-refractivity contribution in [2.75, 3.05) is 19.8 Å². The minimum Gasteiger partial charge on any atom is -0.299 e. The van der Waals surface area contributed by atoms with Crippen LogP contribution in [0.4, 0.5) is 0 Å². The molecule has 2 nitrogen and oxygen atoms in total. The minimum absolute atomic E-state index is 0.234. The predicted molar refractivity (Wildman–Crippen MR) is 80.2 cm³/mol. The van der Waals surface area contributed by atoms with Crippen LogP contribution in [0.3, 0.4) is 0 Å². The summed E-state index contributed by atoms with van der Waals surface area (Å²) in [5.41, 5.74) is 3.11. The van der Waals surface area contributed by atoms with Gasteiger partial charge in [0.15, 0.2) is 0 Å². The van der Waals surface area contributed by atoms with E-state index < -0.39 is 0 Å². The van der Waals surface area contributed by atoms with Crippen molar-refractivity contribution in [3.8, 4) is 0 Å². The Hall–Kier alpha value is -1.33. The number of benzene rings is 1. The molecule has 0 radical (unpaired) electrons. The molecule has 2 rings (SSSR count). The van der Waals surface area contributed by atoms with Crippen molar-refractivity contribution in [1.82, 2.24) is 4.90 Å². The Morgan fingerprint density at radius 2 is 1.74 bits per heavy atom. The average Bonchev–Trinajstić information content (AvgIpc) is 2.39. The molecular weight excluding hydrogens is 232 g/mol. The molecule has 102 valence electrons. The molecular formula is C17H24N2. The van der Waals surface area contributed by atoms with Gasteiger partial charge in [0.2, 0.25) is 0 Å². The van der Waals surface area contributed by atoms with Crippen molar-refractivity contribution in [3.63, 3.8) is 0 Å². The van der Waals surface area contributed by atoms with Gasteiger partial charge in [-0.2, -0.15) is 0 Å². The van der Waals surface area contributed by atoms with Crippen molar-refractivity contribution in [2.24, 2.45) is 0 Å². The fourth-order valence-electron chi connectivity index (χ4n) is 2.76. The zero-order valence-corrected chi connectivity index (χ0v) is 12.3. The number of piperidine rings is 1. The van der Waals surface area contributed by atoms with Crippen molar-refractivity contribution in [1.29, 1.82) is 0 Å². The SMILES string of the molecule is [C-]#[N+]CN1CCC(c2ccc(C(C)(C)C)cc2)CC1. The first-order chi connectivity index (χ1) is 9.00. The molecule has 0 unspecified atom stereocenters. The van der Waals surface area contributed by atoms with Gasteiger partial charge in [0, 0.05) is 13.1 Å². The molecule has 0 N–H and O–H groups in total. The lowest BCUT2D eigenvalue weighted by molar-refractivity contribution is 0.231. The van der Waals surface area contributed by atoms with Gasteiger partial charge in [-0.3, -0.25) is 4.85 Å². The van der Waals surface area contributed by atoms with Crippen LogP contribution in [0.25, 0.3) is 4.85 Å². The van der Waals surface area contributed by atoms with Crippen LogP contribution in [-0.4, -0.2) is 24.7 Å². The summed E-state index contributed by atoms with van der Waals surface area (Å²) in [7, 11) is 0. The van der Waals surface area contributed by atoms with E-state index in [-0.39, 0.29) is 5.41 Å². The molecule has 0 saturated carbocycles. The van der Waals surface area contributed by atoms with E-state index in [1.165, 1.54) is 24.0 Å².